The van der Waals surface area contributed by atoms with Crippen LogP contribution in [0.4, 0.5) is 17.3 Å². The maximum atomic E-state index is 13.4. The number of aryl methyl sites for hydroxylation is 2. The molecule has 0 radical (unpaired) electrons. The van der Waals surface area contributed by atoms with Gasteiger partial charge < -0.3 is 19.6 Å². The quantitative estimate of drug-likeness (QED) is 0.306. The number of ether oxygens (including phenoxy) is 1. The molecule has 4 aromatic rings. The molecule has 1 amide bonds. The summed E-state index contributed by atoms with van der Waals surface area (Å²) in [5.74, 6) is 1.17. The van der Waals surface area contributed by atoms with Crippen LogP contribution in [0.15, 0.2) is 67.0 Å². The zero-order chi connectivity index (χ0) is 28.4. The molecule has 2 aromatic carbocycles. The topological polar surface area (TPSA) is 95.9 Å². The standard InChI is InChI=1S/C32H32N4O4/c1-5-36-30-26(32(39)35(4)27-7-6-13-33-31(27)36)17-22(19-34-30)12-14-40-28-11-10-25(16-21(28)3)24-9-8-23(18-29(37)38)20(2)15-24/h6-11,13,15-17,19H,5,12,14,18H2,1-4H3,(H,37,38). The van der Waals surface area contributed by atoms with E-state index < -0.39 is 5.97 Å². The fourth-order valence-electron chi connectivity index (χ4n) is 5.06. The second kappa shape index (κ2) is 11.2. The lowest BCUT2D eigenvalue weighted by Gasteiger charge is -2.22. The second-order valence-electron chi connectivity index (χ2n) is 9.96. The van der Waals surface area contributed by atoms with Crippen LogP contribution in [-0.2, 0) is 17.6 Å². The van der Waals surface area contributed by atoms with Crippen molar-refractivity contribution in [1.29, 1.82) is 0 Å². The van der Waals surface area contributed by atoms with Crippen molar-refractivity contribution in [3.8, 4) is 16.9 Å². The number of carboxylic acid groups (broad SMARTS) is 1. The Kier molecular flexibility index (Phi) is 7.51. The normalized spacial score (nSPS) is 12.6. The van der Waals surface area contributed by atoms with Crippen molar-refractivity contribution in [2.75, 3.05) is 30.0 Å². The first-order chi connectivity index (χ1) is 19.3. The number of nitrogens with zero attached hydrogens (tertiary/aromatic N) is 4. The van der Waals surface area contributed by atoms with Gasteiger partial charge in [-0.05, 0) is 84.5 Å². The molecule has 1 aliphatic rings. The van der Waals surface area contributed by atoms with Crippen molar-refractivity contribution in [3.63, 3.8) is 0 Å². The lowest BCUT2D eigenvalue weighted by atomic mass is 9.97. The van der Waals surface area contributed by atoms with Gasteiger partial charge in [-0.25, -0.2) is 9.97 Å². The van der Waals surface area contributed by atoms with Crippen molar-refractivity contribution >= 4 is 29.2 Å². The van der Waals surface area contributed by atoms with Gasteiger partial charge in [-0.2, -0.15) is 0 Å². The van der Waals surface area contributed by atoms with Crippen LogP contribution in [0.2, 0.25) is 0 Å². The highest BCUT2D eigenvalue weighted by Gasteiger charge is 2.30. The van der Waals surface area contributed by atoms with Crippen molar-refractivity contribution in [2.45, 2.75) is 33.6 Å². The predicted molar refractivity (Wildman–Crippen MR) is 156 cm³/mol. The Morgan fingerprint density at radius 1 is 0.975 bits per heavy atom. The number of hydrogen-bond donors (Lipinski definition) is 1. The molecule has 2 aromatic heterocycles. The number of benzene rings is 2. The van der Waals surface area contributed by atoms with Gasteiger partial charge in [0.1, 0.15) is 11.6 Å². The van der Waals surface area contributed by atoms with Crippen LogP contribution in [0.3, 0.4) is 0 Å². The molecular weight excluding hydrogens is 504 g/mol. The number of amides is 1. The third-order valence-electron chi connectivity index (χ3n) is 7.25. The van der Waals surface area contributed by atoms with E-state index in [-0.39, 0.29) is 12.3 Å². The molecule has 0 saturated heterocycles. The molecule has 0 spiro atoms. The first kappa shape index (κ1) is 26.9. The number of carbonyl (C=O) groups is 2. The molecule has 0 saturated carbocycles. The number of rotatable bonds is 8. The van der Waals surface area contributed by atoms with E-state index in [0.29, 0.717) is 36.8 Å². The summed E-state index contributed by atoms with van der Waals surface area (Å²) in [7, 11) is 1.76. The molecule has 8 nitrogen and oxygen atoms in total. The van der Waals surface area contributed by atoms with Gasteiger partial charge in [0, 0.05) is 32.4 Å². The number of fused-ring (bicyclic) bond motifs is 2. The molecule has 0 aliphatic carbocycles. The van der Waals surface area contributed by atoms with Crippen molar-refractivity contribution in [1.82, 2.24) is 9.97 Å². The summed E-state index contributed by atoms with van der Waals surface area (Å²) in [5, 5.41) is 9.09. The van der Waals surface area contributed by atoms with Gasteiger partial charge in [-0.15, -0.1) is 0 Å². The van der Waals surface area contributed by atoms with E-state index in [1.807, 2.05) is 74.2 Å². The molecule has 0 atom stereocenters. The van der Waals surface area contributed by atoms with E-state index in [4.69, 9.17) is 9.84 Å². The van der Waals surface area contributed by atoms with Crippen LogP contribution in [-0.4, -0.2) is 47.2 Å². The van der Waals surface area contributed by atoms with Gasteiger partial charge in [0.25, 0.3) is 5.91 Å². The predicted octanol–water partition coefficient (Wildman–Crippen LogP) is 5.76. The minimum atomic E-state index is -0.834. The molecule has 0 fully saturated rings. The molecule has 0 bridgehead atoms. The summed E-state index contributed by atoms with van der Waals surface area (Å²) in [6.07, 6.45) is 4.15. The lowest BCUT2D eigenvalue weighted by Crippen LogP contribution is -2.25. The minimum absolute atomic E-state index is 0.0181. The summed E-state index contributed by atoms with van der Waals surface area (Å²) in [4.78, 5) is 37.2. The maximum absolute atomic E-state index is 13.4. The zero-order valence-electron chi connectivity index (χ0n) is 23.1. The Balaban J connectivity index is 1.29. The van der Waals surface area contributed by atoms with Crippen LogP contribution < -0.4 is 14.5 Å². The number of aliphatic carboxylic acids is 1. The third-order valence-corrected chi connectivity index (χ3v) is 7.25. The summed E-state index contributed by atoms with van der Waals surface area (Å²) in [5.41, 5.74) is 7.07. The van der Waals surface area contributed by atoms with Crippen molar-refractivity contribution < 1.29 is 19.4 Å². The zero-order valence-corrected chi connectivity index (χ0v) is 23.1. The average molecular weight is 537 g/mol. The van der Waals surface area contributed by atoms with Gasteiger partial charge in [-0.3, -0.25) is 9.59 Å². The molecule has 3 heterocycles. The number of carbonyl (C=O) groups excluding carboxylic acids is 1. The summed E-state index contributed by atoms with van der Waals surface area (Å²) >= 11 is 0. The average Bonchev–Trinajstić information content (AvgIpc) is 3.03. The Morgan fingerprint density at radius 2 is 1.73 bits per heavy atom. The Bertz CT molecular complexity index is 1600. The third kappa shape index (κ3) is 5.25. The van der Waals surface area contributed by atoms with Crippen LogP contribution >= 0.6 is 0 Å². The number of carboxylic acids is 1. The van der Waals surface area contributed by atoms with E-state index in [0.717, 1.165) is 44.8 Å². The van der Waals surface area contributed by atoms with Gasteiger partial charge in [0.15, 0.2) is 5.82 Å². The largest absolute Gasteiger partial charge is 0.493 e. The number of aromatic nitrogens is 2. The summed E-state index contributed by atoms with van der Waals surface area (Å²) < 4.78 is 6.12. The van der Waals surface area contributed by atoms with Crippen LogP contribution in [0.5, 0.6) is 5.75 Å². The van der Waals surface area contributed by atoms with Crippen LogP contribution in [0.25, 0.3) is 11.1 Å². The molecule has 1 aliphatic heterocycles. The number of hydrogen-bond acceptors (Lipinski definition) is 6. The Morgan fingerprint density at radius 3 is 2.42 bits per heavy atom. The van der Waals surface area contributed by atoms with Crippen molar-refractivity contribution in [3.05, 3.63) is 94.8 Å². The molecule has 1 N–H and O–H groups in total. The fraction of sp³-hybridized carbons (Fsp3) is 0.250. The summed E-state index contributed by atoms with van der Waals surface area (Å²) in [6.45, 7) is 7.03. The van der Waals surface area contributed by atoms with E-state index in [1.165, 1.54) is 0 Å². The number of anilines is 3. The first-order valence-corrected chi connectivity index (χ1v) is 13.3. The van der Waals surface area contributed by atoms with Crippen LogP contribution in [0.1, 0.15) is 39.5 Å². The fourth-order valence-corrected chi connectivity index (χ4v) is 5.06. The Hall–Kier alpha value is -4.72. The molecule has 204 valence electrons. The molecule has 8 heteroatoms. The SMILES string of the molecule is CCN1c2ncc(CCOc3ccc(-c4ccc(CC(=O)O)c(C)c4)cc3C)cc2C(=O)N(C)c2cccnc21. The second-order valence-corrected chi connectivity index (χ2v) is 9.96. The molecule has 5 rings (SSSR count). The monoisotopic (exact) mass is 536 g/mol. The minimum Gasteiger partial charge on any atom is -0.493 e. The van der Waals surface area contributed by atoms with Gasteiger partial charge >= 0.3 is 5.97 Å². The molecule has 40 heavy (non-hydrogen) atoms. The van der Waals surface area contributed by atoms with E-state index in [1.54, 1.807) is 24.3 Å². The van der Waals surface area contributed by atoms with E-state index in [9.17, 15) is 9.59 Å². The highest BCUT2D eigenvalue weighted by molar-refractivity contribution is 6.12. The van der Waals surface area contributed by atoms with Crippen LogP contribution in [0, 0.1) is 13.8 Å². The highest BCUT2D eigenvalue weighted by atomic mass is 16.5. The highest BCUT2D eigenvalue weighted by Crippen LogP contribution is 2.37. The van der Waals surface area contributed by atoms with E-state index in [2.05, 4.69) is 16.0 Å². The molecular formula is C32H32N4O4. The molecule has 0 unspecified atom stereocenters. The Labute approximate surface area is 233 Å². The van der Waals surface area contributed by atoms with E-state index >= 15 is 0 Å². The smallest absolute Gasteiger partial charge is 0.307 e. The lowest BCUT2D eigenvalue weighted by molar-refractivity contribution is -0.136. The number of pyridine rings is 2. The van der Waals surface area contributed by atoms with Gasteiger partial charge in [0.2, 0.25) is 0 Å². The summed E-state index contributed by atoms with van der Waals surface area (Å²) in [6, 6.07) is 17.5. The van der Waals surface area contributed by atoms with Gasteiger partial charge in [-0.1, -0.05) is 24.3 Å². The van der Waals surface area contributed by atoms with Gasteiger partial charge in [0.05, 0.1) is 24.3 Å². The van der Waals surface area contributed by atoms with Crippen molar-refractivity contribution in [2.24, 2.45) is 0 Å². The first-order valence-electron chi connectivity index (χ1n) is 13.3. The maximum Gasteiger partial charge on any atom is 0.307 e.